The van der Waals surface area contributed by atoms with E-state index in [9.17, 15) is 0 Å². The van der Waals surface area contributed by atoms with Crippen LogP contribution in [0.15, 0.2) is 72.8 Å². The number of benzene rings is 4. The fourth-order valence-electron chi connectivity index (χ4n) is 3.34. The molecule has 5 aromatic rings. The molecule has 1 nitrogen and oxygen atoms in total. The first-order valence-corrected chi connectivity index (χ1v) is 7.42. The van der Waals surface area contributed by atoms with Crippen molar-refractivity contribution in [2.75, 3.05) is 0 Å². The van der Waals surface area contributed by atoms with Crippen LogP contribution >= 0.6 is 0 Å². The van der Waals surface area contributed by atoms with Gasteiger partial charge in [0.2, 0.25) is 0 Å². The summed E-state index contributed by atoms with van der Waals surface area (Å²) in [5.41, 5.74) is 1.99. The molecular weight excluding hydrogens is 266 g/mol. The van der Waals surface area contributed by atoms with Crippen LogP contribution in [0.5, 0.6) is 0 Å². The quantitative estimate of drug-likeness (QED) is 0.269. The predicted molar refractivity (Wildman–Crippen MR) is 93.1 cm³/mol. The first kappa shape index (κ1) is 11.7. The molecule has 0 aliphatic carbocycles. The van der Waals surface area contributed by atoms with E-state index in [1.165, 1.54) is 26.9 Å². The molecule has 0 amide bonds. The average Bonchev–Trinajstić information content (AvgIpc) is 2.61. The molecular formula is C21H12N. The lowest BCUT2D eigenvalue weighted by Crippen LogP contribution is -1.87. The van der Waals surface area contributed by atoms with Gasteiger partial charge in [-0.15, -0.1) is 0 Å². The predicted octanol–water partition coefficient (Wildman–Crippen LogP) is 5.49. The Morgan fingerprint density at radius 3 is 2.05 bits per heavy atom. The van der Waals surface area contributed by atoms with Crippen molar-refractivity contribution in [3.8, 4) is 0 Å². The molecule has 0 saturated heterocycles. The van der Waals surface area contributed by atoms with Crippen molar-refractivity contribution in [2.24, 2.45) is 0 Å². The van der Waals surface area contributed by atoms with E-state index in [4.69, 9.17) is 4.98 Å². The summed E-state index contributed by atoms with van der Waals surface area (Å²) >= 11 is 0. The third kappa shape index (κ3) is 1.51. The molecule has 5 rings (SSSR count). The van der Waals surface area contributed by atoms with Crippen molar-refractivity contribution < 1.29 is 0 Å². The van der Waals surface area contributed by atoms with Gasteiger partial charge in [0, 0.05) is 22.2 Å². The van der Waals surface area contributed by atoms with Crippen LogP contribution in [0.2, 0.25) is 0 Å². The Bertz CT molecular complexity index is 1080. The lowest BCUT2D eigenvalue weighted by molar-refractivity contribution is 1.51. The summed E-state index contributed by atoms with van der Waals surface area (Å²) in [7, 11) is 0. The molecule has 0 bridgehead atoms. The van der Waals surface area contributed by atoms with Crippen molar-refractivity contribution in [3.05, 3.63) is 78.9 Å². The van der Waals surface area contributed by atoms with Gasteiger partial charge in [-0.3, -0.25) is 0 Å². The first-order valence-electron chi connectivity index (χ1n) is 7.42. The molecule has 0 N–H and O–H groups in total. The molecule has 4 aromatic carbocycles. The van der Waals surface area contributed by atoms with Crippen LogP contribution in [0.25, 0.3) is 43.4 Å². The topological polar surface area (TPSA) is 12.9 Å². The Morgan fingerprint density at radius 2 is 1.27 bits per heavy atom. The van der Waals surface area contributed by atoms with Gasteiger partial charge in [0.1, 0.15) is 0 Å². The minimum Gasteiger partial charge on any atom is -0.246 e. The number of fused-ring (bicyclic) bond motifs is 7. The van der Waals surface area contributed by atoms with Crippen LogP contribution in [0.4, 0.5) is 0 Å². The van der Waals surface area contributed by atoms with Crippen molar-refractivity contribution in [2.45, 2.75) is 0 Å². The highest BCUT2D eigenvalue weighted by Crippen LogP contribution is 2.35. The molecule has 0 unspecified atom stereocenters. The SMILES string of the molecule is [c]1cccc2cc3c4ccccc4c4ccccc4c3nc12. The van der Waals surface area contributed by atoms with Gasteiger partial charge < -0.3 is 0 Å². The standard InChI is InChI=1S/C21H12N/c1-6-12-20-14(7-1)13-19-17-10-3-2-8-15(17)16-9-4-5-11-18(16)21(19)22-20/h1-11,13H. The van der Waals surface area contributed by atoms with Gasteiger partial charge in [-0.1, -0.05) is 66.7 Å². The normalized spacial score (nSPS) is 11.6. The van der Waals surface area contributed by atoms with E-state index in [1.807, 2.05) is 12.1 Å². The van der Waals surface area contributed by atoms with E-state index < -0.39 is 0 Å². The van der Waals surface area contributed by atoms with Crippen molar-refractivity contribution >= 4 is 43.4 Å². The zero-order valence-corrected chi connectivity index (χ0v) is 11.9. The summed E-state index contributed by atoms with van der Waals surface area (Å²) in [4.78, 5) is 4.90. The zero-order valence-electron chi connectivity index (χ0n) is 11.9. The van der Waals surface area contributed by atoms with Crippen molar-refractivity contribution in [1.82, 2.24) is 4.98 Å². The first-order chi connectivity index (χ1) is 10.9. The molecule has 0 aliphatic rings. The van der Waals surface area contributed by atoms with Gasteiger partial charge >= 0.3 is 0 Å². The van der Waals surface area contributed by atoms with E-state index in [1.54, 1.807) is 0 Å². The molecule has 22 heavy (non-hydrogen) atoms. The van der Waals surface area contributed by atoms with Gasteiger partial charge in [-0.25, -0.2) is 4.98 Å². The molecule has 1 heterocycles. The van der Waals surface area contributed by atoms with Gasteiger partial charge in [0.15, 0.2) is 0 Å². The number of aromatic nitrogens is 1. The lowest BCUT2D eigenvalue weighted by atomic mass is 9.96. The lowest BCUT2D eigenvalue weighted by Gasteiger charge is -2.10. The number of pyridine rings is 1. The summed E-state index contributed by atoms with van der Waals surface area (Å²) in [5.74, 6) is 0. The molecule has 101 valence electrons. The maximum atomic E-state index is 4.90. The smallest absolute Gasteiger partial charge is 0.0794 e. The molecule has 0 fully saturated rings. The summed E-state index contributed by atoms with van der Waals surface area (Å²) in [6.45, 7) is 0. The minimum atomic E-state index is 0.926. The molecule has 1 radical (unpaired) electrons. The molecule has 0 aliphatic heterocycles. The average molecular weight is 278 g/mol. The van der Waals surface area contributed by atoms with E-state index >= 15 is 0 Å². The Kier molecular flexibility index (Phi) is 2.28. The zero-order chi connectivity index (χ0) is 14.5. The fourth-order valence-corrected chi connectivity index (χ4v) is 3.34. The van der Waals surface area contributed by atoms with Crippen LogP contribution in [0.1, 0.15) is 0 Å². The van der Waals surface area contributed by atoms with Gasteiger partial charge in [0.05, 0.1) is 11.0 Å². The Morgan fingerprint density at radius 1 is 0.636 bits per heavy atom. The summed E-state index contributed by atoms with van der Waals surface area (Å²) in [5, 5.41) is 7.35. The van der Waals surface area contributed by atoms with Crippen LogP contribution in [-0.2, 0) is 0 Å². The molecule has 0 saturated carbocycles. The van der Waals surface area contributed by atoms with Crippen LogP contribution in [0, 0.1) is 6.07 Å². The Balaban J connectivity index is 2.17. The second-order valence-electron chi connectivity index (χ2n) is 5.58. The Labute approximate surface area is 127 Å². The van der Waals surface area contributed by atoms with E-state index in [2.05, 4.69) is 66.7 Å². The number of para-hydroxylation sites is 1. The second-order valence-corrected chi connectivity index (χ2v) is 5.58. The second kappa shape index (κ2) is 4.28. The maximum Gasteiger partial charge on any atom is 0.0794 e. The Hall–Kier alpha value is -2.93. The van der Waals surface area contributed by atoms with E-state index in [0.29, 0.717) is 0 Å². The van der Waals surface area contributed by atoms with Crippen LogP contribution < -0.4 is 0 Å². The van der Waals surface area contributed by atoms with Gasteiger partial charge in [0.25, 0.3) is 0 Å². The number of hydrogen-bond acceptors (Lipinski definition) is 1. The van der Waals surface area contributed by atoms with Crippen LogP contribution in [0.3, 0.4) is 0 Å². The molecule has 0 atom stereocenters. The number of nitrogens with zero attached hydrogens (tertiary/aromatic N) is 1. The van der Waals surface area contributed by atoms with Gasteiger partial charge in [-0.05, 0) is 22.2 Å². The highest BCUT2D eigenvalue weighted by atomic mass is 14.7. The van der Waals surface area contributed by atoms with Crippen molar-refractivity contribution in [3.63, 3.8) is 0 Å². The third-order valence-corrected chi connectivity index (χ3v) is 4.33. The highest BCUT2D eigenvalue weighted by Gasteiger charge is 2.09. The summed E-state index contributed by atoms with van der Waals surface area (Å²) in [6, 6.07) is 28.6. The summed E-state index contributed by atoms with van der Waals surface area (Å²) in [6.07, 6.45) is 0. The molecule has 0 spiro atoms. The highest BCUT2D eigenvalue weighted by molar-refractivity contribution is 6.25. The number of rotatable bonds is 0. The summed E-state index contributed by atoms with van der Waals surface area (Å²) < 4.78 is 0. The van der Waals surface area contributed by atoms with E-state index in [-0.39, 0.29) is 0 Å². The van der Waals surface area contributed by atoms with E-state index in [0.717, 1.165) is 16.4 Å². The van der Waals surface area contributed by atoms with Crippen LogP contribution in [-0.4, -0.2) is 4.98 Å². The molecule has 1 heteroatoms. The van der Waals surface area contributed by atoms with Crippen molar-refractivity contribution in [1.29, 1.82) is 0 Å². The monoisotopic (exact) mass is 278 g/mol. The minimum absolute atomic E-state index is 0.926. The third-order valence-electron chi connectivity index (χ3n) is 4.33. The fraction of sp³-hybridized carbons (Fsp3) is 0. The maximum absolute atomic E-state index is 4.90. The van der Waals surface area contributed by atoms with Gasteiger partial charge in [-0.2, -0.15) is 0 Å². The largest absolute Gasteiger partial charge is 0.246 e. The molecule has 1 aromatic heterocycles. The number of hydrogen-bond donors (Lipinski definition) is 0.